The fourth-order valence-corrected chi connectivity index (χ4v) is 10.1. The van der Waals surface area contributed by atoms with E-state index in [0.29, 0.717) is 49.9 Å². The van der Waals surface area contributed by atoms with E-state index in [1.54, 1.807) is 18.3 Å². The molecule has 4 aromatic rings. The van der Waals surface area contributed by atoms with Gasteiger partial charge in [-0.25, -0.2) is 26.8 Å². The lowest BCUT2D eigenvalue weighted by molar-refractivity contribution is 0.0909. The molecule has 0 radical (unpaired) electrons. The van der Waals surface area contributed by atoms with Crippen LogP contribution in [0.5, 0.6) is 0 Å². The van der Waals surface area contributed by atoms with Crippen molar-refractivity contribution in [1.29, 1.82) is 0 Å². The fourth-order valence-electron chi connectivity index (χ4n) is 7.10. The van der Waals surface area contributed by atoms with E-state index < -0.39 is 27.9 Å². The van der Waals surface area contributed by atoms with Crippen molar-refractivity contribution in [3.63, 3.8) is 0 Å². The quantitative estimate of drug-likeness (QED) is 0.0898. The Kier molecular flexibility index (Phi) is 12.9. The number of anilines is 2. The third-order valence-electron chi connectivity index (χ3n) is 10.2. The number of ether oxygens (including phenoxy) is 1. The minimum Gasteiger partial charge on any atom is -0.361 e. The average Bonchev–Trinajstić information content (AvgIpc) is 3.54. The second-order valence-corrected chi connectivity index (χ2v) is 25.3. The molecular formula is C39H52N8O6S2Si. The lowest BCUT2D eigenvalue weighted by Gasteiger charge is -2.37. The molecule has 0 saturated carbocycles. The van der Waals surface area contributed by atoms with E-state index in [1.165, 1.54) is 10.6 Å². The molecule has 0 aliphatic carbocycles. The number of sulfone groups is 1. The van der Waals surface area contributed by atoms with E-state index in [-0.39, 0.29) is 42.4 Å². The van der Waals surface area contributed by atoms with Crippen molar-refractivity contribution in [2.24, 2.45) is 0 Å². The molecule has 1 atom stereocenters. The Morgan fingerprint density at radius 2 is 1.80 bits per heavy atom. The van der Waals surface area contributed by atoms with Crippen molar-refractivity contribution in [2.75, 3.05) is 61.1 Å². The van der Waals surface area contributed by atoms with E-state index in [9.17, 15) is 21.6 Å². The van der Waals surface area contributed by atoms with Gasteiger partial charge in [-0.15, -0.1) is 6.58 Å². The number of amides is 1. The monoisotopic (exact) mass is 820 g/mol. The number of fused-ring (bicyclic) bond motifs is 1. The van der Waals surface area contributed by atoms with Crippen LogP contribution in [-0.2, 0) is 37.9 Å². The van der Waals surface area contributed by atoms with E-state index in [4.69, 9.17) is 4.74 Å². The van der Waals surface area contributed by atoms with Crippen LogP contribution in [0.15, 0.2) is 79.6 Å². The molecule has 2 saturated heterocycles. The number of pyridine rings is 1. The molecule has 1 N–H and O–H groups in total. The number of carbonyl (C=O) groups excluding carboxylic acids is 1. The summed E-state index contributed by atoms with van der Waals surface area (Å²) in [5.74, 6) is 0.509. The van der Waals surface area contributed by atoms with Crippen LogP contribution >= 0.6 is 0 Å². The topological polar surface area (TPSA) is 160 Å². The maximum absolute atomic E-state index is 13.4. The molecule has 17 heteroatoms. The number of sulfonamides is 1. The molecule has 0 unspecified atom stereocenters. The van der Waals surface area contributed by atoms with Gasteiger partial charge < -0.3 is 19.5 Å². The molecule has 0 spiro atoms. The Morgan fingerprint density at radius 1 is 1.05 bits per heavy atom. The average molecular weight is 821 g/mol. The number of benzene rings is 1. The zero-order valence-electron chi connectivity index (χ0n) is 32.4. The fraction of sp³-hybridized carbons (Fsp3) is 0.436. The summed E-state index contributed by atoms with van der Waals surface area (Å²) >= 11 is 0. The van der Waals surface area contributed by atoms with Gasteiger partial charge in [0.1, 0.15) is 30.2 Å². The molecule has 6 rings (SSSR count). The number of hydrogen-bond donors (Lipinski definition) is 1. The standard InChI is InChI=1S/C39H52N8O6S2Si/c1-6-16-47(55(51,52)7-2)33-9-8-17-44(27-33)26-30-14-15-40-35(24-30)39(48)43-32-12-10-31(11-13-32)36-25-34-37(45-18-21-54(49,50)22-19-45)41-28-42-38(34)46(36)29-53-20-23-56(3,4)5/h6-7,10-15,24-25,28,33H,1-2,8-9,16-23,26-27,29H2,3-5H3,(H,43,48)/t33-/m1/s1. The molecule has 14 nitrogen and oxygen atoms in total. The summed E-state index contributed by atoms with van der Waals surface area (Å²) in [6.07, 6.45) is 6.31. The first-order valence-electron chi connectivity index (χ1n) is 18.9. The lowest BCUT2D eigenvalue weighted by atomic mass is 10.0. The van der Waals surface area contributed by atoms with Gasteiger partial charge in [-0.2, -0.15) is 4.31 Å². The molecular weight excluding hydrogens is 769 g/mol. The third kappa shape index (κ3) is 10.2. The van der Waals surface area contributed by atoms with Crippen molar-refractivity contribution in [3.05, 3.63) is 90.9 Å². The number of piperidine rings is 1. The molecule has 3 aromatic heterocycles. The van der Waals surface area contributed by atoms with Crippen LogP contribution in [0.1, 0.15) is 28.9 Å². The molecule has 2 aliphatic rings. The second kappa shape index (κ2) is 17.5. The van der Waals surface area contributed by atoms with Gasteiger partial charge in [-0.05, 0) is 66.9 Å². The second-order valence-electron chi connectivity index (χ2n) is 15.6. The summed E-state index contributed by atoms with van der Waals surface area (Å²) in [5, 5.41) is 4.77. The highest BCUT2D eigenvalue weighted by Gasteiger charge is 2.31. The van der Waals surface area contributed by atoms with Crippen LogP contribution in [0, 0.1) is 0 Å². The number of nitrogens with zero attached hydrogens (tertiary/aromatic N) is 7. The van der Waals surface area contributed by atoms with Crippen LogP contribution in [0.25, 0.3) is 22.3 Å². The van der Waals surface area contributed by atoms with E-state index >= 15 is 0 Å². The van der Waals surface area contributed by atoms with Crippen LogP contribution < -0.4 is 10.2 Å². The number of aromatic nitrogens is 4. The Bertz CT molecular complexity index is 2260. The van der Waals surface area contributed by atoms with Crippen molar-refractivity contribution >= 4 is 56.4 Å². The smallest absolute Gasteiger partial charge is 0.274 e. The summed E-state index contributed by atoms with van der Waals surface area (Å²) < 4.78 is 59.4. The highest BCUT2D eigenvalue weighted by Crippen LogP contribution is 2.33. The van der Waals surface area contributed by atoms with Gasteiger partial charge >= 0.3 is 0 Å². The van der Waals surface area contributed by atoms with Gasteiger partial charge in [-0.1, -0.05) is 44.4 Å². The molecule has 300 valence electrons. The van der Waals surface area contributed by atoms with Gasteiger partial charge in [0, 0.05) is 70.7 Å². The molecule has 1 aromatic carbocycles. The lowest BCUT2D eigenvalue weighted by Crippen LogP contribution is -2.49. The zero-order valence-corrected chi connectivity index (χ0v) is 35.1. The third-order valence-corrected chi connectivity index (χ3v) is 15.0. The number of likely N-dealkylation sites (tertiary alicyclic amines) is 1. The van der Waals surface area contributed by atoms with Gasteiger partial charge in [-0.3, -0.25) is 14.7 Å². The van der Waals surface area contributed by atoms with Crippen LogP contribution in [0.2, 0.25) is 25.7 Å². The molecule has 5 heterocycles. The number of nitrogens with one attached hydrogen (secondary N) is 1. The van der Waals surface area contributed by atoms with Crippen LogP contribution in [0.4, 0.5) is 11.5 Å². The summed E-state index contributed by atoms with van der Waals surface area (Å²) in [6.45, 7) is 17.9. The van der Waals surface area contributed by atoms with Crippen molar-refractivity contribution in [2.45, 2.75) is 57.8 Å². The van der Waals surface area contributed by atoms with Gasteiger partial charge in [0.25, 0.3) is 5.91 Å². The van der Waals surface area contributed by atoms with E-state index in [2.05, 4.69) is 58.0 Å². The summed E-state index contributed by atoms with van der Waals surface area (Å²) in [4.78, 5) is 31.2. The highest BCUT2D eigenvalue weighted by molar-refractivity contribution is 7.92. The summed E-state index contributed by atoms with van der Waals surface area (Å²) in [6, 6.07) is 14.0. The Labute approximate surface area is 331 Å². The minimum absolute atomic E-state index is 0.0810. The normalized spacial score (nSPS) is 17.9. The predicted molar refractivity (Wildman–Crippen MR) is 224 cm³/mol. The van der Waals surface area contributed by atoms with Crippen LogP contribution in [0.3, 0.4) is 0 Å². The van der Waals surface area contributed by atoms with Gasteiger partial charge in [0.2, 0.25) is 10.0 Å². The Balaban J connectivity index is 1.17. The Hall–Kier alpha value is -4.26. The zero-order chi connectivity index (χ0) is 40.1. The van der Waals surface area contributed by atoms with Crippen molar-refractivity contribution in [1.82, 2.24) is 28.7 Å². The first-order valence-corrected chi connectivity index (χ1v) is 25.9. The van der Waals surface area contributed by atoms with Crippen molar-refractivity contribution < 1.29 is 26.4 Å². The first kappa shape index (κ1) is 41.4. The minimum atomic E-state index is -3.61. The van der Waals surface area contributed by atoms with E-state index in [0.717, 1.165) is 53.0 Å². The van der Waals surface area contributed by atoms with Gasteiger partial charge in [0.15, 0.2) is 9.84 Å². The molecule has 2 fully saturated rings. The largest absolute Gasteiger partial charge is 0.361 e. The summed E-state index contributed by atoms with van der Waals surface area (Å²) in [7, 11) is -7.98. The highest BCUT2D eigenvalue weighted by atomic mass is 32.2. The Morgan fingerprint density at radius 3 is 2.50 bits per heavy atom. The molecule has 0 bridgehead atoms. The number of rotatable bonds is 16. The summed E-state index contributed by atoms with van der Waals surface area (Å²) in [5.41, 5.74) is 4.22. The van der Waals surface area contributed by atoms with Crippen molar-refractivity contribution in [3.8, 4) is 11.3 Å². The predicted octanol–water partition coefficient (Wildman–Crippen LogP) is 5.22. The van der Waals surface area contributed by atoms with E-state index in [1.807, 2.05) is 45.9 Å². The first-order chi connectivity index (χ1) is 26.7. The number of hydrogen-bond acceptors (Lipinski definition) is 11. The number of carbonyl (C=O) groups is 1. The maximum Gasteiger partial charge on any atom is 0.274 e. The van der Waals surface area contributed by atoms with Gasteiger partial charge in [0.05, 0.1) is 22.6 Å². The SMILES string of the molecule is C=CCN([C@@H]1CCCN(Cc2ccnc(C(=O)Nc3ccc(-c4cc5c(N6CCS(=O)(=O)CC6)ncnc5n4COCC[Si](C)(C)C)cc3)c2)C1)S(=O)(=O)C=C. The molecule has 56 heavy (non-hydrogen) atoms. The molecule has 2 aliphatic heterocycles. The molecule has 1 amide bonds. The maximum atomic E-state index is 13.4. The van der Waals surface area contributed by atoms with Crippen LogP contribution in [-0.4, -0.2) is 116 Å².